The average Bonchev–Trinajstić information content (AvgIpc) is 3.22. The SMILES string of the molecule is CCC(=O)N1c2ncnn2[C@H](c2ccccc2OC)C[C@H]1c1ccc(C)cc1. The van der Waals surface area contributed by atoms with Gasteiger partial charge < -0.3 is 4.74 Å². The quantitative estimate of drug-likeness (QED) is 0.689. The maximum Gasteiger partial charge on any atom is 0.231 e. The minimum atomic E-state index is -0.111. The fourth-order valence-corrected chi connectivity index (χ4v) is 3.92. The number of nitrogens with zero attached hydrogens (tertiary/aromatic N) is 4. The average molecular weight is 376 g/mol. The molecule has 0 aliphatic carbocycles. The second-order valence-electron chi connectivity index (χ2n) is 7.04. The molecule has 0 spiro atoms. The molecule has 0 bridgehead atoms. The maximum absolute atomic E-state index is 12.9. The molecule has 0 fully saturated rings. The lowest BCUT2D eigenvalue weighted by Crippen LogP contribution is -2.42. The number of rotatable bonds is 4. The minimum Gasteiger partial charge on any atom is -0.496 e. The molecule has 0 saturated carbocycles. The Balaban J connectivity index is 1.86. The second kappa shape index (κ2) is 7.46. The van der Waals surface area contributed by atoms with E-state index in [0.29, 0.717) is 18.8 Å². The number of benzene rings is 2. The summed E-state index contributed by atoms with van der Waals surface area (Å²) in [6.45, 7) is 3.94. The highest BCUT2D eigenvalue weighted by Crippen LogP contribution is 2.44. The van der Waals surface area contributed by atoms with Crippen LogP contribution in [0.1, 0.15) is 48.5 Å². The van der Waals surface area contributed by atoms with E-state index in [1.165, 1.54) is 11.9 Å². The van der Waals surface area contributed by atoms with Crippen LogP contribution in [0.2, 0.25) is 0 Å². The molecule has 144 valence electrons. The zero-order valence-electron chi connectivity index (χ0n) is 16.4. The summed E-state index contributed by atoms with van der Waals surface area (Å²) in [4.78, 5) is 19.1. The van der Waals surface area contributed by atoms with Gasteiger partial charge in [0, 0.05) is 12.0 Å². The Labute approximate surface area is 164 Å². The van der Waals surface area contributed by atoms with Gasteiger partial charge in [-0.25, -0.2) is 4.68 Å². The van der Waals surface area contributed by atoms with E-state index in [1.807, 2.05) is 29.8 Å². The van der Waals surface area contributed by atoms with Crippen molar-refractivity contribution < 1.29 is 9.53 Å². The number of ether oxygens (including phenoxy) is 1. The van der Waals surface area contributed by atoms with Gasteiger partial charge in [0.2, 0.25) is 11.9 Å². The van der Waals surface area contributed by atoms with Crippen LogP contribution in [0.25, 0.3) is 0 Å². The van der Waals surface area contributed by atoms with Gasteiger partial charge in [-0.1, -0.05) is 55.0 Å². The summed E-state index contributed by atoms with van der Waals surface area (Å²) >= 11 is 0. The number of hydrogen-bond donors (Lipinski definition) is 0. The monoisotopic (exact) mass is 376 g/mol. The maximum atomic E-state index is 12.9. The summed E-state index contributed by atoms with van der Waals surface area (Å²) in [7, 11) is 1.67. The predicted molar refractivity (Wildman–Crippen MR) is 107 cm³/mol. The van der Waals surface area contributed by atoms with Gasteiger partial charge in [0.1, 0.15) is 12.1 Å². The molecular formula is C22H24N4O2. The van der Waals surface area contributed by atoms with E-state index in [4.69, 9.17) is 4.74 Å². The summed E-state index contributed by atoms with van der Waals surface area (Å²) in [5.74, 6) is 1.43. The van der Waals surface area contributed by atoms with E-state index < -0.39 is 0 Å². The summed E-state index contributed by atoms with van der Waals surface area (Å²) < 4.78 is 7.44. The standard InChI is InChI=1S/C22H24N4O2/c1-4-21(27)25-18(16-11-9-15(2)10-12-16)13-19(26-22(25)23-14-24-26)17-7-5-6-8-20(17)28-3/h5-12,14,18-19H,4,13H2,1-3H3/t18-,19-/m0/s1. The lowest BCUT2D eigenvalue weighted by atomic mass is 9.91. The summed E-state index contributed by atoms with van der Waals surface area (Å²) in [5.41, 5.74) is 3.33. The molecule has 6 nitrogen and oxygen atoms in total. The number of carbonyl (C=O) groups excluding carboxylic acids is 1. The first-order valence-electron chi connectivity index (χ1n) is 9.55. The number of fused-ring (bicyclic) bond motifs is 1. The first kappa shape index (κ1) is 18.2. The van der Waals surface area contributed by atoms with Crippen LogP contribution in [0.4, 0.5) is 5.95 Å². The lowest BCUT2D eigenvalue weighted by molar-refractivity contribution is -0.119. The number of aromatic nitrogens is 3. The van der Waals surface area contributed by atoms with Crippen molar-refractivity contribution in [3.8, 4) is 5.75 Å². The van der Waals surface area contributed by atoms with Crippen LogP contribution in [0.5, 0.6) is 5.75 Å². The zero-order chi connectivity index (χ0) is 19.7. The third kappa shape index (κ3) is 3.05. The van der Waals surface area contributed by atoms with Gasteiger partial charge in [-0.3, -0.25) is 9.69 Å². The number of anilines is 1. The summed E-state index contributed by atoms with van der Waals surface area (Å²) in [5, 5.41) is 4.46. The van der Waals surface area contributed by atoms with Crippen LogP contribution < -0.4 is 9.64 Å². The van der Waals surface area contributed by atoms with Gasteiger partial charge in [0.05, 0.1) is 19.2 Å². The molecule has 2 aromatic carbocycles. The van der Waals surface area contributed by atoms with Crippen molar-refractivity contribution in [3.63, 3.8) is 0 Å². The largest absolute Gasteiger partial charge is 0.496 e. The Kier molecular flexibility index (Phi) is 4.86. The molecule has 1 aliphatic rings. The predicted octanol–water partition coefficient (Wildman–Crippen LogP) is 4.07. The molecule has 1 amide bonds. The molecule has 0 unspecified atom stereocenters. The normalized spacial score (nSPS) is 18.6. The lowest BCUT2D eigenvalue weighted by Gasteiger charge is -2.39. The van der Waals surface area contributed by atoms with E-state index in [-0.39, 0.29) is 18.0 Å². The number of aryl methyl sites for hydroxylation is 1. The first-order chi connectivity index (χ1) is 13.6. The highest BCUT2D eigenvalue weighted by molar-refractivity contribution is 5.92. The second-order valence-corrected chi connectivity index (χ2v) is 7.04. The number of para-hydroxylation sites is 1. The van der Waals surface area contributed by atoms with Gasteiger partial charge in [-0.2, -0.15) is 10.1 Å². The highest BCUT2D eigenvalue weighted by atomic mass is 16.5. The van der Waals surface area contributed by atoms with E-state index in [1.54, 1.807) is 12.0 Å². The summed E-state index contributed by atoms with van der Waals surface area (Å²) in [6, 6.07) is 16.2. The van der Waals surface area contributed by atoms with Crippen LogP contribution in [0.3, 0.4) is 0 Å². The number of amides is 1. The van der Waals surface area contributed by atoms with Crippen molar-refractivity contribution in [2.45, 2.75) is 38.8 Å². The Morgan fingerprint density at radius 3 is 2.61 bits per heavy atom. The van der Waals surface area contributed by atoms with E-state index in [2.05, 4.69) is 47.3 Å². The number of hydrogen-bond acceptors (Lipinski definition) is 4. The van der Waals surface area contributed by atoms with Gasteiger partial charge in [-0.15, -0.1) is 0 Å². The molecule has 1 aromatic heterocycles. The first-order valence-corrected chi connectivity index (χ1v) is 9.55. The van der Waals surface area contributed by atoms with Crippen molar-refractivity contribution in [1.29, 1.82) is 0 Å². The van der Waals surface area contributed by atoms with Crippen LogP contribution in [-0.2, 0) is 4.79 Å². The Hall–Kier alpha value is -3.15. The van der Waals surface area contributed by atoms with Gasteiger partial charge in [0.25, 0.3) is 0 Å². The van der Waals surface area contributed by atoms with Crippen molar-refractivity contribution >= 4 is 11.9 Å². The molecule has 28 heavy (non-hydrogen) atoms. The molecule has 2 heterocycles. The van der Waals surface area contributed by atoms with Gasteiger partial charge in [0.15, 0.2) is 0 Å². The van der Waals surface area contributed by atoms with Crippen molar-refractivity contribution in [3.05, 3.63) is 71.5 Å². The van der Waals surface area contributed by atoms with E-state index in [9.17, 15) is 4.79 Å². The van der Waals surface area contributed by atoms with Crippen LogP contribution in [0.15, 0.2) is 54.9 Å². The molecular weight excluding hydrogens is 352 g/mol. The molecule has 4 rings (SSSR count). The third-order valence-corrected chi connectivity index (χ3v) is 5.35. The molecule has 6 heteroatoms. The Morgan fingerprint density at radius 2 is 1.89 bits per heavy atom. The molecule has 1 aliphatic heterocycles. The Morgan fingerprint density at radius 1 is 1.14 bits per heavy atom. The smallest absolute Gasteiger partial charge is 0.231 e. The van der Waals surface area contributed by atoms with Crippen molar-refractivity contribution in [2.24, 2.45) is 0 Å². The molecule has 0 N–H and O–H groups in total. The molecule has 0 saturated heterocycles. The topological polar surface area (TPSA) is 60.2 Å². The third-order valence-electron chi connectivity index (χ3n) is 5.35. The van der Waals surface area contributed by atoms with E-state index >= 15 is 0 Å². The minimum absolute atomic E-state index is 0.0401. The fourth-order valence-electron chi connectivity index (χ4n) is 3.92. The van der Waals surface area contributed by atoms with Gasteiger partial charge >= 0.3 is 0 Å². The van der Waals surface area contributed by atoms with Crippen LogP contribution in [-0.4, -0.2) is 27.8 Å². The number of methoxy groups -OCH3 is 1. The highest BCUT2D eigenvalue weighted by Gasteiger charge is 2.39. The van der Waals surface area contributed by atoms with Gasteiger partial charge in [-0.05, 0) is 25.0 Å². The van der Waals surface area contributed by atoms with E-state index in [0.717, 1.165) is 16.9 Å². The zero-order valence-corrected chi connectivity index (χ0v) is 16.4. The molecule has 3 aromatic rings. The van der Waals surface area contributed by atoms with Crippen molar-refractivity contribution in [2.75, 3.05) is 12.0 Å². The molecule has 0 radical (unpaired) electrons. The van der Waals surface area contributed by atoms with Crippen LogP contribution >= 0.6 is 0 Å². The summed E-state index contributed by atoms with van der Waals surface area (Å²) in [6.07, 6.45) is 2.63. The Bertz CT molecular complexity index is 980. The fraction of sp³-hybridized carbons (Fsp3) is 0.318. The molecule has 2 atom stereocenters. The van der Waals surface area contributed by atoms with Crippen LogP contribution in [0, 0.1) is 6.92 Å². The number of carbonyl (C=O) groups is 1. The van der Waals surface area contributed by atoms with Crippen molar-refractivity contribution in [1.82, 2.24) is 14.8 Å².